The quantitative estimate of drug-likeness (QED) is 0.684. The number of nitrogens with one attached hydrogen (secondary N) is 1. The highest BCUT2D eigenvalue weighted by molar-refractivity contribution is 5.80. The third-order valence-electron chi connectivity index (χ3n) is 2.72. The molecular weight excluding hydrogens is 162 g/mol. The molecule has 2 aromatic heterocycles. The first-order valence-electron chi connectivity index (χ1n) is 4.54. The van der Waals surface area contributed by atoms with Crippen molar-refractivity contribution in [1.29, 1.82) is 0 Å². The zero-order valence-electron chi connectivity index (χ0n) is 7.20. The smallest absolute Gasteiger partial charge is 0.137 e. The monoisotopic (exact) mass is 173 g/mol. The first-order chi connectivity index (χ1) is 6.36. The van der Waals surface area contributed by atoms with Crippen molar-refractivity contribution in [3.63, 3.8) is 0 Å². The van der Waals surface area contributed by atoms with Gasteiger partial charge in [0.25, 0.3) is 0 Å². The molecule has 0 aromatic carbocycles. The van der Waals surface area contributed by atoms with E-state index in [-0.39, 0.29) is 0 Å². The summed E-state index contributed by atoms with van der Waals surface area (Å²) in [6, 6.07) is 4.42. The van der Waals surface area contributed by atoms with Crippen LogP contribution >= 0.6 is 0 Å². The predicted molar refractivity (Wildman–Crippen MR) is 51.4 cm³/mol. The molecule has 0 spiro atoms. The van der Waals surface area contributed by atoms with E-state index in [0.29, 0.717) is 12.0 Å². The van der Waals surface area contributed by atoms with Gasteiger partial charge in [-0.15, -0.1) is 0 Å². The van der Waals surface area contributed by atoms with E-state index in [1.54, 1.807) is 6.20 Å². The SMILES string of the molecule is N[C@@H]1C[C@H]1c1c[nH]c2ncccc12. The fourth-order valence-corrected chi connectivity index (χ4v) is 1.86. The number of hydrogen-bond acceptors (Lipinski definition) is 2. The summed E-state index contributed by atoms with van der Waals surface area (Å²) in [5, 5.41) is 1.22. The van der Waals surface area contributed by atoms with Crippen LogP contribution in [0.3, 0.4) is 0 Å². The number of H-pyrrole nitrogens is 1. The minimum absolute atomic E-state index is 0.360. The van der Waals surface area contributed by atoms with Gasteiger partial charge >= 0.3 is 0 Å². The summed E-state index contributed by atoms with van der Waals surface area (Å²) in [4.78, 5) is 7.40. The van der Waals surface area contributed by atoms with Gasteiger partial charge < -0.3 is 10.7 Å². The number of rotatable bonds is 1. The molecule has 3 heteroatoms. The molecule has 0 radical (unpaired) electrons. The fourth-order valence-electron chi connectivity index (χ4n) is 1.86. The molecule has 13 heavy (non-hydrogen) atoms. The van der Waals surface area contributed by atoms with Crippen LogP contribution in [0, 0.1) is 0 Å². The van der Waals surface area contributed by atoms with Crippen molar-refractivity contribution in [3.8, 4) is 0 Å². The van der Waals surface area contributed by atoms with E-state index < -0.39 is 0 Å². The van der Waals surface area contributed by atoms with Crippen LogP contribution in [0.15, 0.2) is 24.5 Å². The molecule has 1 saturated carbocycles. The maximum Gasteiger partial charge on any atom is 0.137 e. The maximum absolute atomic E-state index is 5.81. The van der Waals surface area contributed by atoms with Gasteiger partial charge in [-0.2, -0.15) is 0 Å². The highest BCUT2D eigenvalue weighted by Gasteiger charge is 2.36. The van der Waals surface area contributed by atoms with E-state index in [1.165, 1.54) is 10.9 Å². The highest BCUT2D eigenvalue weighted by atomic mass is 14.8. The molecule has 3 nitrogen and oxygen atoms in total. The Balaban J connectivity index is 2.19. The maximum atomic E-state index is 5.81. The van der Waals surface area contributed by atoms with Gasteiger partial charge in [-0.25, -0.2) is 4.98 Å². The number of fused-ring (bicyclic) bond motifs is 1. The normalized spacial score (nSPS) is 26.5. The number of nitrogens with zero attached hydrogens (tertiary/aromatic N) is 1. The first kappa shape index (κ1) is 7.09. The molecule has 3 N–H and O–H groups in total. The molecule has 1 aliphatic rings. The molecular formula is C10H11N3. The Bertz CT molecular complexity index is 446. The number of pyridine rings is 1. The molecule has 0 aliphatic heterocycles. The van der Waals surface area contributed by atoms with Crippen LogP contribution in [-0.4, -0.2) is 16.0 Å². The van der Waals surface area contributed by atoms with E-state index in [4.69, 9.17) is 5.73 Å². The molecule has 66 valence electrons. The Labute approximate surface area is 76.0 Å². The Morgan fingerprint density at radius 2 is 2.38 bits per heavy atom. The lowest BCUT2D eigenvalue weighted by molar-refractivity contribution is 0.997. The Morgan fingerprint density at radius 1 is 1.54 bits per heavy atom. The van der Waals surface area contributed by atoms with Gasteiger partial charge in [0.15, 0.2) is 0 Å². The van der Waals surface area contributed by atoms with Crippen LogP contribution < -0.4 is 5.73 Å². The van der Waals surface area contributed by atoms with Gasteiger partial charge in [0, 0.05) is 29.7 Å². The minimum Gasteiger partial charge on any atom is -0.346 e. The lowest BCUT2D eigenvalue weighted by Gasteiger charge is -1.93. The van der Waals surface area contributed by atoms with E-state index >= 15 is 0 Å². The summed E-state index contributed by atoms with van der Waals surface area (Å²) in [6.07, 6.45) is 4.95. The van der Waals surface area contributed by atoms with Crippen LogP contribution in [0.5, 0.6) is 0 Å². The van der Waals surface area contributed by atoms with Gasteiger partial charge in [-0.05, 0) is 24.1 Å². The molecule has 0 bridgehead atoms. The van der Waals surface area contributed by atoms with Crippen molar-refractivity contribution < 1.29 is 0 Å². The van der Waals surface area contributed by atoms with Crippen molar-refractivity contribution in [1.82, 2.24) is 9.97 Å². The van der Waals surface area contributed by atoms with Crippen molar-refractivity contribution in [2.75, 3.05) is 0 Å². The molecule has 2 atom stereocenters. The lowest BCUT2D eigenvalue weighted by Crippen LogP contribution is -2.00. The zero-order valence-corrected chi connectivity index (χ0v) is 7.20. The van der Waals surface area contributed by atoms with E-state index in [9.17, 15) is 0 Å². The van der Waals surface area contributed by atoms with Crippen LogP contribution in [-0.2, 0) is 0 Å². The largest absolute Gasteiger partial charge is 0.346 e. The summed E-state index contributed by atoms with van der Waals surface area (Å²) in [5.41, 5.74) is 8.11. The summed E-state index contributed by atoms with van der Waals surface area (Å²) in [6.45, 7) is 0. The zero-order chi connectivity index (χ0) is 8.84. The van der Waals surface area contributed by atoms with Crippen molar-refractivity contribution in [2.45, 2.75) is 18.4 Å². The van der Waals surface area contributed by atoms with E-state index in [1.807, 2.05) is 12.3 Å². The standard InChI is InChI=1S/C10H11N3/c11-9-4-7(9)8-5-13-10-6(8)2-1-3-12-10/h1-3,5,7,9H,4,11H2,(H,12,13)/t7-,9+/m0/s1. The van der Waals surface area contributed by atoms with Gasteiger partial charge in [-0.1, -0.05) is 0 Å². The molecule has 0 saturated heterocycles. The Hall–Kier alpha value is -1.35. The summed E-state index contributed by atoms with van der Waals surface area (Å²) < 4.78 is 0. The van der Waals surface area contributed by atoms with Crippen LogP contribution in [0.1, 0.15) is 17.9 Å². The van der Waals surface area contributed by atoms with Crippen molar-refractivity contribution in [2.24, 2.45) is 5.73 Å². The van der Waals surface area contributed by atoms with Crippen LogP contribution in [0.4, 0.5) is 0 Å². The first-order valence-corrected chi connectivity index (χ1v) is 4.54. The average molecular weight is 173 g/mol. The second-order valence-electron chi connectivity index (χ2n) is 3.65. The Kier molecular flexibility index (Phi) is 1.27. The number of aromatic amines is 1. The third kappa shape index (κ3) is 0.971. The van der Waals surface area contributed by atoms with Gasteiger partial charge in [-0.3, -0.25) is 0 Å². The van der Waals surface area contributed by atoms with Crippen molar-refractivity contribution >= 4 is 11.0 Å². The van der Waals surface area contributed by atoms with Crippen molar-refractivity contribution in [3.05, 3.63) is 30.1 Å². The third-order valence-corrected chi connectivity index (χ3v) is 2.72. The molecule has 2 heterocycles. The second kappa shape index (κ2) is 2.33. The molecule has 1 fully saturated rings. The summed E-state index contributed by atoms with van der Waals surface area (Å²) in [5.74, 6) is 0.554. The number of aromatic nitrogens is 2. The van der Waals surface area contributed by atoms with Gasteiger partial charge in [0.05, 0.1) is 0 Å². The van der Waals surface area contributed by atoms with E-state index in [0.717, 1.165) is 12.1 Å². The van der Waals surface area contributed by atoms with Gasteiger partial charge in [0.1, 0.15) is 5.65 Å². The fraction of sp³-hybridized carbons (Fsp3) is 0.300. The minimum atomic E-state index is 0.360. The number of hydrogen-bond donors (Lipinski definition) is 2. The Morgan fingerprint density at radius 3 is 3.15 bits per heavy atom. The molecule has 3 rings (SSSR count). The van der Waals surface area contributed by atoms with Crippen LogP contribution in [0.25, 0.3) is 11.0 Å². The van der Waals surface area contributed by atoms with Gasteiger partial charge in [0.2, 0.25) is 0 Å². The topological polar surface area (TPSA) is 54.7 Å². The molecule has 2 aromatic rings. The lowest BCUT2D eigenvalue weighted by atomic mass is 10.1. The average Bonchev–Trinajstić information content (AvgIpc) is 2.74. The highest BCUT2D eigenvalue weighted by Crippen LogP contribution is 2.41. The summed E-state index contributed by atoms with van der Waals surface area (Å²) >= 11 is 0. The molecule has 1 aliphatic carbocycles. The summed E-state index contributed by atoms with van der Waals surface area (Å²) in [7, 11) is 0. The van der Waals surface area contributed by atoms with Crippen LogP contribution in [0.2, 0.25) is 0 Å². The predicted octanol–water partition coefficient (Wildman–Crippen LogP) is 1.38. The second-order valence-corrected chi connectivity index (χ2v) is 3.65. The molecule has 0 amide bonds. The van der Waals surface area contributed by atoms with E-state index in [2.05, 4.69) is 16.0 Å². The number of nitrogens with two attached hydrogens (primary N) is 1. The molecule has 0 unspecified atom stereocenters.